The molecule has 0 saturated carbocycles. The highest BCUT2D eigenvalue weighted by atomic mass is 28.4. The molecule has 6 heteroatoms. The Labute approximate surface area is 164 Å². The van der Waals surface area contributed by atoms with Crippen LogP contribution >= 0.6 is 0 Å². The summed E-state index contributed by atoms with van der Waals surface area (Å²) in [6.45, 7) is 13.4. The molecular formula is C21H33NO4Si. The Balaban J connectivity index is 2.08. The molecule has 2 rings (SSSR count). The molecule has 1 aromatic rings. The Kier molecular flexibility index (Phi) is 6.86. The minimum absolute atomic E-state index is 0.0801. The van der Waals surface area contributed by atoms with Gasteiger partial charge in [0.25, 0.3) is 0 Å². The van der Waals surface area contributed by atoms with Gasteiger partial charge in [0.2, 0.25) is 5.91 Å². The predicted molar refractivity (Wildman–Crippen MR) is 109 cm³/mol. The second kappa shape index (κ2) is 8.57. The number of amides is 2. The molecule has 0 spiro atoms. The quantitative estimate of drug-likeness (QED) is 0.636. The van der Waals surface area contributed by atoms with Gasteiger partial charge in [-0.15, -0.1) is 0 Å². The van der Waals surface area contributed by atoms with E-state index in [0.717, 1.165) is 5.56 Å². The molecule has 5 nitrogen and oxygen atoms in total. The second-order valence-electron chi connectivity index (χ2n) is 8.81. The molecule has 1 aliphatic heterocycles. The number of rotatable bonds is 7. The lowest BCUT2D eigenvalue weighted by atomic mass is 10.0. The molecule has 1 aromatic carbocycles. The van der Waals surface area contributed by atoms with Gasteiger partial charge in [0, 0.05) is 6.61 Å². The summed E-state index contributed by atoms with van der Waals surface area (Å²) >= 11 is 0. The minimum atomic E-state index is -1.95. The van der Waals surface area contributed by atoms with E-state index >= 15 is 0 Å². The van der Waals surface area contributed by atoms with Gasteiger partial charge in [-0.3, -0.25) is 4.79 Å². The van der Waals surface area contributed by atoms with Crippen LogP contribution in [0, 0.1) is 5.92 Å². The summed E-state index contributed by atoms with van der Waals surface area (Å²) in [5.41, 5.74) is 1.09. The van der Waals surface area contributed by atoms with Gasteiger partial charge in [-0.05, 0) is 36.5 Å². The smallest absolute Gasteiger partial charge is 0.416 e. The zero-order valence-electron chi connectivity index (χ0n) is 17.5. The maximum atomic E-state index is 13.1. The molecule has 1 fully saturated rings. The molecule has 0 bridgehead atoms. The fraction of sp³-hybridized carbons (Fsp3) is 0.619. The molecule has 1 saturated heterocycles. The molecule has 2 amide bonds. The van der Waals surface area contributed by atoms with Crippen molar-refractivity contribution < 1.29 is 18.8 Å². The standard InChI is InChI=1S/C21H33NO4Si/c1-7-17(14-26-27(5,6)21(2,3)4)19(23)22-18(15-25-20(22)24)13-16-11-9-8-10-12-16/h8-12,17-18H,7,13-15H2,1-6H3/t17-,18+/m1/s1. The highest BCUT2D eigenvalue weighted by Crippen LogP contribution is 2.37. The minimum Gasteiger partial charge on any atom is -0.447 e. The van der Waals surface area contributed by atoms with Gasteiger partial charge in [0.15, 0.2) is 8.32 Å². The first kappa shape index (κ1) is 21.6. The van der Waals surface area contributed by atoms with Crippen molar-refractivity contribution in [2.45, 2.75) is 64.7 Å². The Hall–Kier alpha value is -1.66. The van der Waals surface area contributed by atoms with Crippen molar-refractivity contribution in [1.29, 1.82) is 0 Å². The van der Waals surface area contributed by atoms with Crippen molar-refractivity contribution in [1.82, 2.24) is 4.90 Å². The fourth-order valence-electron chi connectivity index (χ4n) is 2.85. The summed E-state index contributed by atoms with van der Waals surface area (Å²) in [7, 11) is -1.95. The SMILES string of the molecule is CC[C@H](CO[Si](C)(C)C(C)(C)C)C(=O)N1C(=O)OC[C@@H]1Cc1ccccc1. The first-order valence-electron chi connectivity index (χ1n) is 9.74. The van der Waals surface area contributed by atoms with Crippen LogP contribution in [0.1, 0.15) is 39.7 Å². The molecule has 0 unspecified atom stereocenters. The largest absolute Gasteiger partial charge is 0.447 e. The first-order chi connectivity index (χ1) is 12.6. The number of carbonyl (C=O) groups is 2. The van der Waals surface area contributed by atoms with E-state index in [4.69, 9.17) is 9.16 Å². The van der Waals surface area contributed by atoms with E-state index in [1.54, 1.807) is 0 Å². The van der Waals surface area contributed by atoms with Crippen molar-refractivity contribution in [3.05, 3.63) is 35.9 Å². The third-order valence-electron chi connectivity index (χ3n) is 5.81. The molecule has 0 aromatic heterocycles. The molecule has 0 aliphatic carbocycles. The second-order valence-corrected chi connectivity index (χ2v) is 13.6. The predicted octanol–water partition coefficient (Wildman–Crippen LogP) is 4.62. The zero-order valence-corrected chi connectivity index (χ0v) is 18.5. The molecule has 1 heterocycles. The number of hydrogen-bond acceptors (Lipinski definition) is 4. The number of ether oxygens (including phenoxy) is 1. The van der Waals surface area contributed by atoms with Crippen LogP contribution in [0.15, 0.2) is 30.3 Å². The third-order valence-corrected chi connectivity index (χ3v) is 10.3. The Bertz CT molecular complexity index is 654. The third kappa shape index (κ3) is 5.20. The average Bonchev–Trinajstić information content (AvgIpc) is 2.95. The molecule has 27 heavy (non-hydrogen) atoms. The maximum Gasteiger partial charge on any atom is 0.416 e. The van der Waals surface area contributed by atoms with Crippen molar-refractivity contribution in [3.63, 3.8) is 0 Å². The van der Waals surface area contributed by atoms with E-state index in [1.165, 1.54) is 4.90 Å². The lowest BCUT2D eigenvalue weighted by Gasteiger charge is -2.37. The van der Waals surface area contributed by atoms with Crippen LogP contribution in [-0.4, -0.2) is 44.5 Å². The number of cyclic esters (lactones) is 1. The van der Waals surface area contributed by atoms with E-state index < -0.39 is 14.4 Å². The van der Waals surface area contributed by atoms with Gasteiger partial charge < -0.3 is 9.16 Å². The van der Waals surface area contributed by atoms with Crippen LogP contribution in [0.3, 0.4) is 0 Å². The van der Waals surface area contributed by atoms with Crippen molar-refractivity contribution in [2.24, 2.45) is 5.92 Å². The zero-order chi connectivity index (χ0) is 20.2. The summed E-state index contributed by atoms with van der Waals surface area (Å²) in [5.74, 6) is -0.511. The van der Waals surface area contributed by atoms with Gasteiger partial charge in [-0.2, -0.15) is 0 Å². The number of hydrogen-bond donors (Lipinski definition) is 0. The van der Waals surface area contributed by atoms with Crippen molar-refractivity contribution in [3.8, 4) is 0 Å². The Morgan fingerprint density at radius 3 is 2.48 bits per heavy atom. The molecule has 0 radical (unpaired) electrons. The van der Waals surface area contributed by atoms with Crippen LogP contribution in [0.25, 0.3) is 0 Å². The highest BCUT2D eigenvalue weighted by molar-refractivity contribution is 6.74. The van der Waals surface area contributed by atoms with Crippen LogP contribution in [-0.2, 0) is 20.4 Å². The van der Waals surface area contributed by atoms with Crippen molar-refractivity contribution >= 4 is 20.3 Å². The van der Waals surface area contributed by atoms with Gasteiger partial charge in [0.05, 0.1) is 12.0 Å². The lowest BCUT2D eigenvalue weighted by Crippen LogP contribution is -2.47. The van der Waals surface area contributed by atoms with E-state index in [1.807, 2.05) is 37.3 Å². The monoisotopic (exact) mass is 391 g/mol. The average molecular weight is 392 g/mol. The number of carbonyl (C=O) groups excluding carboxylic acids is 2. The highest BCUT2D eigenvalue weighted by Gasteiger charge is 2.42. The summed E-state index contributed by atoms with van der Waals surface area (Å²) in [5, 5.41) is 0.0801. The number of imide groups is 1. The summed E-state index contributed by atoms with van der Waals surface area (Å²) in [6, 6.07) is 9.62. The first-order valence-corrected chi connectivity index (χ1v) is 12.7. The van der Waals surface area contributed by atoms with Gasteiger partial charge in [0.1, 0.15) is 6.61 Å². The van der Waals surface area contributed by atoms with Crippen LogP contribution in [0.2, 0.25) is 18.1 Å². The Morgan fingerprint density at radius 2 is 1.93 bits per heavy atom. The van der Waals surface area contributed by atoms with Crippen molar-refractivity contribution in [2.75, 3.05) is 13.2 Å². The van der Waals surface area contributed by atoms with E-state index in [0.29, 0.717) is 19.4 Å². The van der Waals surface area contributed by atoms with Crippen LogP contribution in [0.5, 0.6) is 0 Å². The van der Waals surface area contributed by atoms with Gasteiger partial charge >= 0.3 is 6.09 Å². The molecule has 0 N–H and O–H groups in total. The summed E-state index contributed by atoms with van der Waals surface area (Å²) < 4.78 is 11.5. The fourth-order valence-corrected chi connectivity index (χ4v) is 3.90. The maximum absolute atomic E-state index is 13.1. The lowest BCUT2D eigenvalue weighted by molar-refractivity contribution is -0.134. The molecule has 2 atom stereocenters. The number of nitrogens with zero attached hydrogens (tertiary/aromatic N) is 1. The van der Waals surface area contributed by atoms with Gasteiger partial charge in [-0.25, -0.2) is 9.69 Å². The molecular weight excluding hydrogens is 358 g/mol. The van der Waals surface area contributed by atoms with E-state index in [9.17, 15) is 9.59 Å². The molecule has 1 aliphatic rings. The topological polar surface area (TPSA) is 55.8 Å². The number of benzene rings is 1. The molecule has 150 valence electrons. The Morgan fingerprint density at radius 1 is 1.30 bits per heavy atom. The van der Waals surface area contributed by atoms with E-state index in [-0.39, 0.29) is 29.5 Å². The van der Waals surface area contributed by atoms with E-state index in [2.05, 4.69) is 33.9 Å². The summed E-state index contributed by atoms with van der Waals surface area (Å²) in [6.07, 6.45) is 0.708. The van der Waals surface area contributed by atoms with Crippen LogP contribution < -0.4 is 0 Å². The van der Waals surface area contributed by atoms with Crippen LogP contribution in [0.4, 0.5) is 4.79 Å². The normalized spacial score (nSPS) is 19.1. The van der Waals surface area contributed by atoms with Gasteiger partial charge in [-0.1, -0.05) is 58.0 Å². The summed E-state index contributed by atoms with van der Waals surface area (Å²) in [4.78, 5) is 26.7.